The van der Waals surface area contributed by atoms with Gasteiger partial charge in [-0.25, -0.2) is 0 Å². The van der Waals surface area contributed by atoms with E-state index >= 15 is 0 Å². The number of aliphatic hydroxyl groups excluding tert-OH is 1. The highest BCUT2D eigenvalue weighted by Crippen LogP contribution is 2.57. The van der Waals surface area contributed by atoms with Crippen molar-refractivity contribution in [1.82, 2.24) is 5.32 Å². The number of hydrogen-bond donors (Lipinski definition) is 3. The molecule has 1 amide bonds. The van der Waals surface area contributed by atoms with Crippen molar-refractivity contribution in [2.75, 3.05) is 0 Å². The zero-order chi connectivity index (χ0) is 27.1. The molecule has 37 heavy (non-hydrogen) atoms. The Hall–Kier alpha value is -3.03. The van der Waals surface area contributed by atoms with Gasteiger partial charge in [0.15, 0.2) is 5.78 Å². The molecule has 0 saturated carbocycles. The van der Waals surface area contributed by atoms with Gasteiger partial charge in [-0.3, -0.25) is 14.4 Å². The van der Waals surface area contributed by atoms with Gasteiger partial charge in [0.25, 0.3) is 0 Å². The summed E-state index contributed by atoms with van der Waals surface area (Å²) >= 11 is 0. The fourth-order valence-electron chi connectivity index (χ4n) is 6.54. The lowest BCUT2D eigenvalue weighted by molar-refractivity contribution is -0.161. The molecule has 2 aliphatic carbocycles. The molecular weight excluding hydrogens is 470 g/mol. The summed E-state index contributed by atoms with van der Waals surface area (Å²) < 4.78 is 5.82. The number of ether oxygens (including phenoxy) is 1. The molecule has 7 nitrogen and oxygen atoms in total. The molecule has 3 aliphatic rings. The zero-order valence-electron chi connectivity index (χ0n) is 22.1. The van der Waals surface area contributed by atoms with Gasteiger partial charge in [-0.15, -0.1) is 0 Å². The van der Waals surface area contributed by atoms with Gasteiger partial charge < -0.3 is 20.3 Å². The fourth-order valence-corrected chi connectivity index (χ4v) is 6.54. The van der Waals surface area contributed by atoms with E-state index in [0.717, 1.165) is 16.7 Å². The maximum atomic E-state index is 14.2. The average molecular weight is 508 g/mol. The quantitative estimate of drug-likeness (QED) is 0.428. The maximum Gasteiger partial charge on any atom is 0.303 e. The maximum absolute atomic E-state index is 14.2. The van der Waals surface area contributed by atoms with Gasteiger partial charge in [0, 0.05) is 30.7 Å². The molecule has 4 rings (SSSR count). The van der Waals surface area contributed by atoms with Crippen LogP contribution in [0.3, 0.4) is 0 Å². The molecule has 8 atom stereocenters. The number of nitrogens with one attached hydrogen (secondary N) is 1. The van der Waals surface area contributed by atoms with E-state index in [2.05, 4.69) is 5.32 Å². The number of ketones is 1. The minimum absolute atomic E-state index is 0.314. The van der Waals surface area contributed by atoms with E-state index in [1.807, 2.05) is 44.2 Å². The molecule has 198 valence electrons. The fraction of sp³-hybridized carbons (Fsp3) is 0.500. The second-order valence-corrected chi connectivity index (χ2v) is 11.0. The molecule has 1 unspecified atom stereocenters. The van der Waals surface area contributed by atoms with Crippen LogP contribution in [-0.2, 0) is 25.5 Å². The third-order valence-electron chi connectivity index (χ3n) is 8.49. The van der Waals surface area contributed by atoms with Crippen LogP contribution in [0.5, 0.6) is 0 Å². The zero-order valence-corrected chi connectivity index (χ0v) is 22.1. The molecule has 0 radical (unpaired) electrons. The summed E-state index contributed by atoms with van der Waals surface area (Å²) in [5, 5.41) is 25.7. The Kier molecular flexibility index (Phi) is 7.32. The number of carbonyl (C=O) groups excluding carboxylic acids is 3. The predicted molar refractivity (Wildman–Crippen MR) is 139 cm³/mol. The Bertz CT molecular complexity index is 1170. The summed E-state index contributed by atoms with van der Waals surface area (Å²) in [5.41, 5.74) is -0.500. The van der Waals surface area contributed by atoms with Crippen LogP contribution in [0.2, 0.25) is 0 Å². The van der Waals surface area contributed by atoms with Gasteiger partial charge in [-0.05, 0) is 56.9 Å². The average Bonchev–Trinajstić information content (AvgIpc) is 3.13. The van der Waals surface area contributed by atoms with E-state index in [4.69, 9.17) is 4.74 Å². The Labute approximate surface area is 218 Å². The van der Waals surface area contributed by atoms with Crippen LogP contribution in [0.4, 0.5) is 0 Å². The van der Waals surface area contributed by atoms with E-state index in [1.54, 1.807) is 19.1 Å². The third kappa shape index (κ3) is 4.59. The number of Topliss-reactive ketones (excluding diaryl/α,β-unsaturated/α-hetero) is 1. The van der Waals surface area contributed by atoms with Crippen molar-refractivity contribution in [3.05, 3.63) is 71.3 Å². The number of carbonyl (C=O) groups is 3. The van der Waals surface area contributed by atoms with Gasteiger partial charge in [-0.2, -0.15) is 0 Å². The third-order valence-corrected chi connectivity index (χ3v) is 8.49. The molecule has 1 heterocycles. The van der Waals surface area contributed by atoms with E-state index in [0.29, 0.717) is 12.8 Å². The van der Waals surface area contributed by atoms with Crippen LogP contribution >= 0.6 is 0 Å². The number of hydrogen-bond acceptors (Lipinski definition) is 6. The SMILES string of the molecule is CC(=O)OC1/C=C/[C@@](C)(O)C(=O)[C@@H](C)C/C=C/[C@H]2[C@H](O)C(C)=C(C)[C@H]3[C@H](Cc4ccccc4)NC(=O)[C@]123. The first-order chi connectivity index (χ1) is 17.4. The predicted octanol–water partition coefficient (Wildman–Crippen LogP) is 3.06. The van der Waals surface area contributed by atoms with Crippen LogP contribution in [0.25, 0.3) is 0 Å². The first-order valence-corrected chi connectivity index (χ1v) is 12.9. The second kappa shape index (κ2) is 10.0. The normalized spacial score (nSPS) is 39.6. The molecule has 1 aromatic rings. The van der Waals surface area contributed by atoms with Crippen molar-refractivity contribution in [3.8, 4) is 0 Å². The molecule has 0 aromatic heterocycles. The van der Waals surface area contributed by atoms with Gasteiger partial charge in [0.1, 0.15) is 17.1 Å². The second-order valence-electron chi connectivity index (χ2n) is 11.0. The smallest absolute Gasteiger partial charge is 0.303 e. The summed E-state index contributed by atoms with van der Waals surface area (Å²) in [7, 11) is 0. The highest BCUT2D eigenvalue weighted by atomic mass is 16.5. The molecule has 1 spiro atoms. The summed E-state index contributed by atoms with van der Waals surface area (Å²) in [4.78, 5) is 39.5. The number of benzene rings is 1. The molecule has 1 saturated heterocycles. The van der Waals surface area contributed by atoms with Crippen molar-refractivity contribution >= 4 is 17.7 Å². The van der Waals surface area contributed by atoms with Crippen LogP contribution in [0.1, 0.15) is 46.6 Å². The molecule has 1 fully saturated rings. The Morgan fingerprint density at radius 3 is 2.46 bits per heavy atom. The Morgan fingerprint density at radius 2 is 1.81 bits per heavy atom. The van der Waals surface area contributed by atoms with Gasteiger partial charge in [0.2, 0.25) is 5.91 Å². The molecule has 1 aliphatic heterocycles. The minimum Gasteiger partial charge on any atom is -0.457 e. The van der Waals surface area contributed by atoms with E-state index in [1.165, 1.54) is 26.0 Å². The Balaban J connectivity index is 1.96. The van der Waals surface area contributed by atoms with Crippen LogP contribution < -0.4 is 5.32 Å². The first kappa shape index (κ1) is 27.0. The van der Waals surface area contributed by atoms with E-state index in [-0.39, 0.29) is 17.7 Å². The number of esters is 1. The molecule has 7 heteroatoms. The first-order valence-electron chi connectivity index (χ1n) is 12.9. The molecular formula is C30H37NO6. The summed E-state index contributed by atoms with van der Waals surface area (Å²) in [6.45, 7) is 8.20. The van der Waals surface area contributed by atoms with Crippen molar-refractivity contribution in [3.63, 3.8) is 0 Å². The number of aliphatic hydroxyl groups is 2. The summed E-state index contributed by atoms with van der Waals surface area (Å²) in [6, 6.07) is 9.52. The highest BCUT2D eigenvalue weighted by molar-refractivity contribution is 5.91. The number of allylic oxidation sites excluding steroid dienone is 1. The number of amides is 1. The van der Waals surface area contributed by atoms with Crippen molar-refractivity contribution in [2.45, 2.75) is 71.3 Å². The molecule has 3 N–H and O–H groups in total. The molecule has 1 aromatic carbocycles. The van der Waals surface area contributed by atoms with Crippen molar-refractivity contribution in [1.29, 1.82) is 0 Å². The van der Waals surface area contributed by atoms with Crippen molar-refractivity contribution in [2.24, 2.45) is 23.2 Å². The van der Waals surface area contributed by atoms with Gasteiger partial charge in [0.05, 0.1) is 6.10 Å². The van der Waals surface area contributed by atoms with E-state index < -0.39 is 46.9 Å². The van der Waals surface area contributed by atoms with Gasteiger partial charge >= 0.3 is 5.97 Å². The lowest BCUT2D eigenvalue weighted by atomic mass is 9.54. The lowest BCUT2D eigenvalue weighted by Crippen LogP contribution is -2.58. The highest BCUT2D eigenvalue weighted by Gasteiger charge is 2.67. The van der Waals surface area contributed by atoms with Gasteiger partial charge in [-0.1, -0.05) is 55.0 Å². The summed E-state index contributed by atoms with van der Waals surface area (Å²) in [6.07, 6.45) is 5.17. The van der Waals surface area contributed by atoms with E-state index in [9.17, 15) is 24.6 Å². The monoisotopic (exact) mass is 507 g/mol. The van der Waals surface area contributed by atoms with Crippen molar-refractivity contribution < 1.29 is 29.3 Å². The minimum atomic E-state index is -1.82. The lowest BCUT2D eigenvalue weighted by Gasteiger charge is -2.49. The summed E-state index contributed by atoms with van der Waals surface area (Å²) in [5.74, 6) is -2.92. The number of rotatable bonds is 3. The molecule has 0 bridgehead atoms. The largest absolute Gasteiger partial charge is 0.457 e. The Morgan fingerprint density at radius 1 is 1.14 bits per heavy atom. The van der Waals surface area contributed by atoms with Crippen LogP contribution in [-0.4, -0.2) is 51.7 Å². The van der Waals surface area contributed by atoms with Crippen LogP contribution in [0, 0.1) is 23.2 Å². The standard InChI is InChI=1S/C30H37NO6/c1-17-10-9-13-22-26(33)19(3)18(2)25-23(16-21-11-7-6-8-12-21)31-28(35)30(22,25)24(37-20(4)32)14-15-29(5,36)27(17)34/h6-9,11-15,17,22-26,33,36H,10,16H2,1-5H3,(H,31,35)/b13-9+,15-14+/t17-,22-,23-,24?,25-,26+,29+,30-/m0/s1. The van der Waals surface area contributed by atoms with Crippen LogP contribution in [0.15, 0.2) is 65.8 Å². The topological polar surface area (TPSA) is 113 Å².